The van der Waals surface area contributed by atoms with E-state index in [1.807, 2.05) is 11.6 Å². The molecule has 0 aliphatic rings. The van der Waals surface area contributed by atoms with Crippen molar-refractivity contribution >= 4 is 41.4 Å². The second-order valence-corrected chi connectivity index (χ2v) is 7.75. The molecular formula is C17H31N5O8S. The summed E-state index contributed by atoms with van der Waals surface area (Å²) in [4.78, 5) is 59.3. The van der Waals surface area contributed by atoms with Gasteiger partial charge in [0, 0.05) is 6.42 Å². The summed E-state index contributed by atoms with van der Waals surface area (Å²) in [6.07, 6.45) is 0.210. The van der Waals surface area contributed by atoms with E-state index in [0.29, 0.717) is 12.2 Å². The Labute approximate surface area is 183 Å². The van der Waals surface area contributed by atoms with Crippen LogP contribution in [0, 0.1) is 0 Å². The number of rotatable bonds is 15. The predicted molar refractivity (Wildman–Crippen MR) is 112 cm³/mol. The molecule has 0 aliphatic heterocycles. The molecule has 178 valence electrons. The molecule has 0 saturated heterocycles. The third kappa shape index (κ3) is 11.0. The van der Waals surface area contributed by atoms with Gasteiger partial charge in [0.15, 0.2) is 0 Å². The number of amides is 4. The average Bonchev–Trinajstić information content (AvgIpc) is 2.69. The third-order valence-corrected chi connectivity index (χ3v) is 4.79. The molecule has 13 nitrogen and oxygen atoms in total. The minimum Gasteiger partial charge on any atom is -0.480 e. The number of carbonyl (C=O) groups excluding carboxylic acids is 4. The molecule has 0 aliphatic carbocycles. The Morgan fingerprint density at radius 1 is 0.968 bits per heavy atom. The first kappa shape index (κ1) is 28.6. The molecular weight excluding hydrogens is 434 g/mol. The molecule has 0 fully saturated rings. The van der Waals surface area contributed by atoms with Crippen LogP contribution in [0.25, 0.3) is 0 Å². The van der Waals surface area contributed by atoms with E-state index in [1.165, 1.54) is 18.7 Å². The van der Waals surface area contributed by atoms with Gasteiger partial charge in [-0.3, -0.25) is 19.2 Å². The smallest absolute Gasteiger partial charge is 0.328 e. The summed E-state index contributed by atoms with van der Waals surface area (Å²) in [5.74, 6) is -4.32. The standard InChI is InChI=1S/C17H31N5O8S/c1-8(24)13(22-14(26)9(18)5-6-31-2)16(28)20-10(3-4-12(19)25)15(27)21-11(7-23)17(29)30/h8-11,13,23-24H,3-7,18H2,1-2H3,(H2,19,25)(H,20,28)(H,21,27)(H,22,26)(H,29,30). The van der Waals surface area contributed by atoms with Gasteiger partial charge in [-0.05, 0) is 31.8 Å². The maximum atomic E-state index is 12.6. The number of carboxylic acid groups (broad SMARTS) is 1. The van der Waals surface area contributed by atoms with Crippen LogP contribution in [0.2, 0.25) is 0 Å². The zero-order valence-electron chi connectivity index (χ0n) is 17.4. The molecule has 0 radical (unpaired) electrons. The van der Waals surface area contributed by atoms with Gasteiger partial charge in [-0.1, -0.05) is 0 Å². The van der Waals surface area contributed by atoms with E-state index in [-0.39, 0.29) is 12.8 Å². The summed E-state index contributed by atoms with van der Waals surface area (Å²) >= 11 is 1.48. The number of carbonyl (C=O) groups is 5. The zero-order valence-corrected chi connectivity index (χ0v) is 18.2. The first-order chi connectivity index (χ1) is 14.4. The lowest BCUT2D eigenvalue weighted by Gasteiger charge is -2.26. The number of hydrogen-bond acceptors (Lipinski definition) is 9. The fourth-order valence-corrected chi connectivity index (χ4v) is 2.81. The number of nitrogens with one attached hydrogen (secondary N) is 3. The normalized spacial score (nSPS) is 15.6. The van der Waals surface area contributed by atoms with Crippen molar-refractivity contribution in [3.63, 3.8) is 0 Å². The number of aliphatic hydroxyl groups excluding tert-OH is 2. The van der Waals surface area contributed by atoms with E-state index >= 15 is 0 Å². The Bertz CT molecular complexity index is 648. The fourth-order valence-electron chi connectivity index (χ4n) is 2.32. The lowest BCUT2D eigenvalue weighted by atomic mass is 10.1. The summed E-state index contributed by atoms with van der Waals surface area (Å²) in [5.41, 5.74) is 10.8. The number of nitrogens with two attached hydrogens (primary N) is 2. The monoisotopic (exact) mass is 465 g/mol. The highest BCUT2D eigenvalue weighted by Gasteiger charge is 2.32. The maximum Gasteiger partial charge on any atom is 0.328 e. The van der Waals surface area contributed by atoms with Crippen molar-refractivity contribution in [2.45, 2.75) is 56.5 Å². The maximum absolute atomic E-state index is 12.6. The van der Waals surface area contributed by atoms with Gasteiger partial charge in [0.25, 0.3) is 0 Å². The van der Waals surface area contributed by atoms with Gasteiger partial charge in [0.1, 0.15) is 18.1 Å². The zero-order chi connectivity index (χ0) is 24.1. The molecule has 0 aromatic rings. The molecule has 5 atom stereocenters. The second-order valence-electron chi connectivity index (χ2n) is 6.76. The molecule has 0 bridgehead atoms. The molecule has 4 amide bonds. The molecule has 14 heteroatoms. The third-order valence-electron chi connectivity index (χ3n) is 4.14. The van der Waals surface area contributed by atoms with Crippen LogP contribution < -0.4 is 27.4 Å². The van der Waals surface area contributed by atoms with Crippen molar-refractivity contribution < 1.29 is 39.3 Å². The van der Waals surface area contributed by atoms with Crippen LogP contribution in [0.15, 0.2) is 0 Å². The highest BCUT2D eigenvalue weighted by atomic mass is 32.2. The van der Waals surface area contributed by atoms with E-state index in [9.17, 15) is 29.1 Å². The van der Waals surface area contributed by atoms with Gasteiger partial charge in [0.05, 0.1) is 18.8 Å². The van der Waals surface area contributed by atoms with Crippen molar-refractivity contribution in [1.29, 1.82) is 0 Å². The van der Waals surface area contributed by atoms with Crippen molar-refractivity contribution in [2.24, 2.45) is 11.5 Å². The number of aliphatic hydroxyl groups is 2. The number of thioether (sulfide) groups is 1. The molecule has 0 spiro atoms. The summed E-state index contributed by atoms with van der Waals surface area (Å²) in [7, 11) is 0. The van der Waals surface area contributed by atoms with Crippen LogP contribution in [-0.2, 0) is 24.0 Å². The largest absolute Gasteiger partial charge is 0.480 e. The molecule has 31 heavy (non-hydrogen) atoms. The van der Waals surface area contributed by atoms with Gasteiger partial charge in [-0.25, -0.2) is 4.79 Å². The predicted octanol–water partition coefficient (Wildman–Crippen LogP) is -3.76. The molecule has 10 N–H and O–H groups in total. The van der Waals surface area contributed by atoms with Crippen LogP contribution in [-0.4, -0.2) is 93.8 Å². The number of hydrogen-bond donors (Lipinski definition) is 8. The molecule has 0 saturated carbocycles. The molecule has 0 heterocycles. The fraction of sp³-hybridized carbons (Fsp3) is 0.706. The van der Waals surface area contributed by atoms with E-state index in [0.717, 1.165) is 0 Å². The topological polar surface area (TPSA) is 234 Å². The highest BCUT2D eigenvalue weighted by Crippen LogP contribution is 2.04. The molecule has 0 rings (SSSR count). The lowest BCUT2D eigenvalue weighted by Crippen LogP contribution is -2.60. The van der Waals surface area contributed by atoms with Gasteiger partial charge in [-0.15, -0.1) is 0 Å². The van der Waals surface area contributed by atoms with Crippen LogP contribution in [0.1, 0.15) is 26.2 Å². The quantitative estimate of drug-likeness (QED) is 0.118. The van der Waals surface area contributed by atoms with Gasteiger partial charge in [-0.2, -0.15) is 11.8 Å². The summed E-state index contributed by atoms with van der Waals surface area (Å²) in [6.45, 7) is 0.334. The molecule has 0 aromatic heterocycles. The first-order valence-corrected chi connectivity index (χ1v) is 10.8. The van der Waals surface area contributed by atoms with Gasteiger partial charge < -0.3 is 42.7 Å². The van der Waals surface area contributed by atoms with E-state index in [1.54, 1.807) is 0 Å². The SMILES string of the molecule is CSCCC(N)C(=O)NC(C(=O)NC(CCC(N)=O)C(=O)NC(CO)C(=O)O)C(C)O. The highest BCUT2D eigenvalue weighted by molar-refractivity contribution is 7.98. The Balaban J connectivity index is 5.35. The van der Waals surface area contributed by atoms with Crippen LogP contribution in [0.4, 0.5) is 0 Å². The number of carboxylic acids is 1. The van der Waals surface area contributed by atoms with Crippen molar-refractivity contribution in [1.82, 2.24) is 16.0 Å². The molecule has 0 aromatic carbocycles. The minimum absolute atomic E-state index is 0.279. The summed E-state index contributed by atoms with van der Waals surface area (Å²) in [5, 5.41) is 34.5. The second kappa shape index (κ2) is 14.6. The molecule has 5 unspecified atom stereocenters. The van der Waals surface area contributed by atoms with E-state index in [2.05, 4.69) is 10.6 Å². The van der Waals surface area contributed by atoms with Crippen LogP contribution >= 0.6 is 11.8 Å². The first-order valence-electron chi connectivity index (χ1n) is 9.40. The van der Waals surface area contributed by atoms with Gasteiger partial charge in [0.2, 0.25) is 23.6 Å². The summed E-state index contributed by atoms with van der Waals surface area (Å²) in [6, 6.07) is -5.44. The van der Waals surface area contributed by atoms with Crippen molar-refractivity contribution in [2.75, 3.05) is 18.6 Å². The number of primary amides is 1. The Morgan fingerprint density at radius 2 is 1.55 bits per heavy atom. The lowest BCUT2D eigenvalue weighted by molar-refractivity contribution is -0.143. The minimum atomic E-state index is -1.64. The van der Waals surface area contributed by atoms with Crippen LogP contribution in [0.3, 0.4) is 0 Å². The summed E-state index contributed by atoms with van der Waals surface area (Å²) < 4.78 is 0. The van der Waals surface area contributed by atoms with Gasteiger partial charge >= 0.3 is 5.97 Å². The van der Waals surface area contributed by atoms with Crippen LogP contribution in [0.5, 0.6) is 0 Å². The Morgan fingerprint density at radius 3 is 2.00 bits per heavy atom. The Kier molecular flexibility index (Phi) is 13.4. The number of aliphatic carboxylic acids is 1. The average molecular weight is 466 g/mol. The van der Waals surface area contributed by atoms with E-state index in [4.69, 9.17) is 21.7 Å². The Hall–Kier alpha value is -2.42. The van der Waals surface area contributed by atoms with E-state index < -0.39 is 66.5 Å². The van der Waals surface area contributed by atoms with Crippen molar-refractivity contribution in [3.8, 4) is 0 Å². The van der Waals surface area contributed by atoms with Crippen molar-refractivity contribution in [3.05, 3.63) is 0 Å².